The number of ether oxygens (including phenoxy) is 1. The van der Waals surface area contributed by atoms with Gasteiger partial charge in [0.1, 0.15) is 0 Å². The summed E-state index contributed by atoms with van der Waals surface area (Å²) in [5.74, 6) is 0. The summed E-state index contributed by atoms with van der Waals surface area (Å²) in [6.45, 7) is 0.628. The third-order valence-corrected chi connectivity index (χ3v) is 1.74. The molecule has 0 saturated heterocycles. The fraction of sp³-hybridized carbons (Fsp3) is 0.222. The maximum absolute atomic E-state index is 5.00. The van der Waals surface area contributed by atoms with E-state index in [0.717, 1.165) is 11.1 Å². The number of thiocarbonyl (C=S) groups is 1. The molecular formula is C9H10OS. The van der Waals surface area contributed by atoms with Crippen LogP contribution in [-0.4, -0.2) is 12.5 Å². The maximum atomic E-state index is 5.00. The highest BCUT2D eigenvalue weighted by Crippen LogP contribution is 2.06. The van der Waals surface area contributed by atoms with E-state index in [4.69, 9.17) is 17.0 Å². The van der Waals surface area contributed by atoms with Crippen molar-refractivity contribution < 1.29 is 4.74 Å². The van der Waals surface area contributed by atoms with E-state index in [0.29, 0.717) is 6.61 Å². The van der Waals surface area contributed by atoms with E-state index >= 15 is 0 Å². The first-order valence-electron chi connectivity index (χ1n) is 3.40. The van der Waals surface area contributed by atoms with Crippen molar-refractivity contribution in [2.24, 2.45) is 0 Å². The van der Waals surface area contributed by atoms with E-state index in [-0.39, 0.29) is 0 Å². The van der Waals surface area contributed by atoms with Crippen LogP contribution in [0, 0.1) is 0 Å². The van der Waals surface area contributed by atoms with E-state index in [2.05, 4.69) is 0 Å². The minimum atomic E-state index is 0.628. The van der Waals surface area contributed by atoms with Gasteiger partial charge in [0, 0.05) is 12.5 Å². The second-order valence-electron chi connectivity index (χ2n) is 2.25. The fourth-order valence-electron chi connectivity index (χ4n) is 0.936. The Morgan fingerprint density at radius 3 is 2.82 bits per heavy atom. The van der Waals surface area contributed by atoms with Crippen LogP contribution >= 0.6 is 12.2 Å². The van der Waals surface area contributed by atoms with Gasteiger partial charge in [0.2, 0.25) is 0 Å². The van der Waals surface area contributed by atoms with Gasteiger partial charge in [0.15, 0.2) is 0 Å². The first kappa shape index (κ1) is 8.37. The van der Waals surface area contributed by atoms with E-state index in [1.807, 2.05) is 24.3 Å². The van der Waals surface area contributed by atoms with Crippen LogP contribution in [0.25, 0.3) is 0 Å². The molecule has 0 fully saturated rings. The molecule has 0 bridgehead atoms. The molecule has 58 valence electrons. The van der Waals surface area contributed by atoms with Crippen molar-refractivity contribution in [3.63, 3.8) is 0 Å². The van der Waals surface area contributed by atoms with E-state index in [1.165, 1.54) is 0 Å². The summed E-state index contributed by atoms with van der Waals surface area (Å²) < 4.78 is 5.00. The third kappa shape index (κ3) is 2.10. The first-order chi connectivity index (χ1) is 5.38. The zero-order valence-electron chi connectivity index (χ0n) is 6.41. The summed E-state index contributed by atoms with van der Waals surface area (Å²) in [7, 11) is 1.68. The summed E-state index contributed by atoms with van der Waals surface area (Å²) in [4.78, 5) is 0. The molecule has 0 aliphatic rings. The number of hydrogen-bond acceptors (Lipinski definition) is 2. The highest BCUT2D eigenvalue weighted by Gasteiger charge is 1.95. The topological polar surface area (TPSA) is 9.23 Å². The van der Waals surface area contributed by atoms with Gasteiger partial charge in [-0.15, -0.1) is 0 Å². The molecule has 0 aliphatic heterocycles. The Balaban J connectivity index is 2.92. The number of rotatable bonds is 3. The summed E-state index contributed by atoms with van der Waals surface area (Å²) in [6.07, 6.45) is 0. The first-order valence-corrected chi connectivity index (χ1v) is 3.87. The second-order valence-corrected chi connectivity index (χ2v) is 2.49. The monoisotopic (exact) mass is 166 g/mol. The van der Waals surface area contributed by atoms with Gasteiger partial charge in [-0.05, 0) is 11.1 Å². The predicted molar refractivity (Wildman–Crippen MR) is 49.9 cm³/mol. The molecule has 0 aromatic heterocycles. The van der Waals surface area contributed by atoms with Crippen LogP contribution in [0.2, 0.25) is 0 Å². The van der Waals surface area contributed by atoms with Crippen LogP contribution in [0.3, 0.4) is 0 Å². The summed E-state index contributed by atoms with van der Waals surface area (Å²) in [5, 5.41) is 1.67. The Morgan fingerprint density at radius 2 is 2.18 bits per heavy atom. The normalized spacial score (nSPS) is 9.55. The largest absolute Gasteiger partial charge is 0.380 e. The Hall–Kier alpha value is -0.730. The molecule has 1 aromatic rings. The summed E-state index contributed by atoms with van der Waals surface area (Å²) in [5.41, 5.74) is 2.22. The van der Waals surface area contributed by atoms with Crippen molar-refractivity contribution in [2.45, 2.75) is 6.61 Å². The minimum absolute atomic E-state index is 0.628. The van der Waals surface area contributed by atoms with Crippen LogP contribution < -0.4 is 0 Å². The molecule has 0 radical (unpaired) electrons. The zero-order valence-corrected chi connectivity index (χ0v) is 7.23. The van der Waals surface area contributed by atoms with Gasteiger partial charge in [-0.3, -0.25) is 0 Å². The number of hydrogen-bond donors (Lipinski definition) is 0. The molecule has 0 saturated carbocycles. The van der Waals surface area contributed by atoms with E-state index in [1.54, 1.807) is 12.5 Å². The maximum Gasteiger partial charge on any atom is 0.0719 e. The SMILES string of the molecule is COCc1ccccc1C=S. The smallest absolute Gasteiger partial charge is 0.0719 e. The predicted octanol–water partition coefficient (Wildman–Crippen LogP) is 2.18. The quantitative estimate of drug-likeness (QED) is 0.636. The second kappa shape index (κ2) is 4.21. The van der Waals surface area contributed by atoms with Gasteiger partial charge in [-0.1, -0.05) is 36.5 Å². The van der Waals surface area contributed by atoms with Crippen molar-refractivity contribution in [3.05, 3.63) is 35.4 Å². The molecule has 0 unspecified atom stereocenters. The molecule has 0 amide bonds. The average Bonchev–Trinajstić information content (AvgIpc) is 2.06. The Kier molecular flexibility index (Phi) is 3.20. The lowest BCUT2D eigenvalue weighted by Crippen LogP contribution is -1.92. The lowest BCUT2D eigenvalue weighted by atomic mass is 10.1. The third-order valence-electron chi connectivity index (χ3n) is 1.48. The van der Waals surface area contributed by atoms with Crippen molar-refractivity contribution >= 4 is 17.6 Å². The van der Waals surface area contributed by atoms with Crippen LogP contribution in [-0.2, 0) is 11.3 Å². The van der Waals surface area contributed by atoms with Gasteiger partial charge in [0.25, 0.3) is 0 Å². The van der Waals surface area contributed by atoms with Gasteiger partial charge < -0.3 is 4.74 Å². The Morgan fingerprint density at radius 1 is 1.45 bits per heavy atom. The zero-order chi connectivity index (χ0) is 8.10. The van der Waals surface area contributed by atoms with Gasteiger partial charge in [-0.2, -0.15) is 0 Å². The van der Waals surface area contributed by atoms with Crippen LogP contribution in [0.5, 0.6) is 0 Å². The Labute approximate surface area is 72.0 Å². The average molecular weight is 166 g/mol. The molecule has 11 heavy (non-hydrogen) atoms. The summed E-state index contributed by atoms with van der Waals surface area (Å²) in [6, 6.07) is 7.96. The molecular weight excluding hydrogens is 156 g/mol. The number of benzene rings is 1. The highest BCUT2D eigenvalue weighted by atomic mass is 32.1. The molecule has 0 spiro atoms. The lowest BCUT2D eigenvalue weighted by Gasteiger charge is -2.02. The van der Waals surface area contributed by atoms with Crippen molar-refractivity contribution in [1.29, 1.82) is 0 Å². The lowest BCUT2D eigenvalue weighted by molar-refractivity contribution is 0.185. The van der Waals surface area contributed by atoms with Gasteiger partial charge in [0.05, 0.1) is 6.61 Å². The Bertz CT molecular complexity index is 245. The van der Waals surface area contributed by atoms with Crippen molar-refractivity contribution in [3.8, 4) is 0 Å². The minimum Gasteiger partial charge on any atom is -0.380 e. The summed E-state index contributed by atoms with van der Waals surface area (Å²) >= 11 is 4.84. The molecule has 0 N–H and O–H groups in total. The van der Waals surface area contributed by atoms with E-state index < -0.39 is 0 Å². The molecule has 1 aromatic carbocycles. The number of methoxy groups -OCH3 is 1. The van der Waals surface area contributed by atoms with Crippen molar-refractivity contribution in [2.75, 3.05) is 7.11 Å². The molecule has 0 atom stereocenters. The van der Waals surface area contributed by atoms with Crippen LogP contribution in [0.15, 0.2) is 24.3 Å². The van der Waals surface area contributed by atoms with E-state index in [9.17, 15) is 0 Å². The van der Waals surface area contributed by atoms with Crippen LogP contribution in [0.1, 0.15) is 11.1 Å². The molecule has 0 aliphatic carbocycles. The molecule has 0 heterocycles. The molecule has 1 nitrogen and oxygen atoms in total. The van der Waals surface area contributed by atoms with Crippen LogP contribution in [0.4, 0.5) is 0 Å². The highest BCUT2D eigenvalue weighted by molar-refractivity contribution is 7.79. The standard InChI is InChI=1S/C9H10OS/c1-10-6-8-4-2-3-5-9(8)7-11/h2-5,7H,6H2,1H3. The van der Waals surface area contributed by atoms with Crippen molar-refractivity contribution in [1.82, 2.24) is 0 Å². The van der Waals surface area contributed by atoms with Gasteiger partial charge in [-0.25, -0.2) is 0 Å². The van der Waals surface area contributed by atoms with Gasteiger partial charge >= 0.3 is 0 Å². The molecule has 1 rings (SSSR count). The fourth-order valence-corrected chi connectivity index (χ4v) is 1.17. The molecule has 2 heteroatoms.